The standard InChI is InChI=1S/C18H19N5OS/c1-22(2)17-15-11-5-6-23(3)16(11)12(8-13(15)20-18(19)21-17)14-7-10(24-4)9-25-14/h5-9H,1-4H3,(H2,19,20,21). The first-order valence-corrected chi connectivity index (χ1v) is 8.73. The molecule has 0 bridgehead atoms. The highest BCUT2D eigenvalue weighted by Gasteiger charge is 2.18. The fourth-order valence-corrected chi connectivity index (χ4v) is 4.07. The van der Waals surface area contributed by atoms with Crippen molar-refractivity contribution in [3.63, 3.8) is 0 Å². The van der Waals surface area contributed by atoms with Crippen molar-refractivity contribution < 1.29 is 4.74 Å². The van der Waals surface area contributed by atoms with Crippen LogP contribution in [0.1, 0.15) is 0 Å². The molecular formula is C18H19N5OS. The number of nitrogens with zero attached hydrogens (tertiary/aromatic N) is 4. The van der Waals surface area contributed by atoms with Gasteiger partial charge in [-0.1, -0.05) is 0 Å². The number of rotatable bonds is 3. The van der Waals surface area contributed by atoms with Crippen LogP contribution in [-0.4, -0.2) is 35.7 Å². The molecule has 0 aliphatic heterocycles. The normalized spacial score (nSPS) is 11.4. The second kappa shape index (κ2) is 5.63. The third kappa shape index (κ3) is 2.39. The molecule has 0 aliphatic carbocycles. The smallest absolute Gasteiger partial charge is 0.222 e. The number of hydrogen-bond donors (Lipinski definition) is 1. The molecule has 2 N–H and O–H groups in total. The number of aryl methyl sites for hydroxylation is 1. The number of methoxy groups -OCH3 is 1. The second-order valence-corrected chi connectivity index (χ2v) is 7.07. The lowest BCUT2D eigenvalue weighted by molar-refractivity contribution is 0.417. The van der Waals surface area contributed by atoms with Gasteiger partial charge in [-0.3, -0.25) is 0 Å². The lowest BCUT2D eigenvalue weighted by atomic mass is 10.0. The van der Waals surface area contributed by atoms with Crippen LogP contribution in [0.25, 0.3) is 32.2 Å². The third-order valence-corrected chi connectivity index (χ3v) is 5.26. The number of aromatic nitrogens is 3. The van der Waals surface area contributed by atoms with E-state index in [9.17, 15) is 0 Å². The SMILES string of the molecule is COc1csc(-c2cc3nc(N)nc(N(C)C)c3c3ccn(C)c23)c1. The number of benzene rings is 1. The molecule has 1 aromatic carbocycles. The first-order chi connectivity index (χ1) is 12.0. The van der Waals surface area contributed by atoms with Gasteiger partial charge in [-0.05, 0) is 18.2 Å². The van der Waals surface area contributed by atoms with Gasteiger partial charge in [0.1, 0.15) is 11.6 Å². The van der Waals surface area contributed by atoms with Gasteiger partial charge in [0, 0.05) is 48.5 Å². The van der Waals surface area contributed by atoms with E-state index < -0.39 is 0 Å². The van der Waals surface area contributed by atoms with Crippen LogP contribution >= 0.6 is 11.3 Å². The minimum atomic E-state index is 0.279. The molecule has 3 heterocycles. The first kappa shape index (κ1) is 15.7. The quantitative estimate of drug-likeness (QED) is 0.610. The molecule has 0 radical (unpaired) electrons. The summed E-state index contributed by atoms with van der Waals surface area (Å²) >= 11 is 1.65. The summed E-state index contributed by atoms with van der Waals surface area (Å²) in [6, 6.07) is 6.25. The third-order valence-electron chi connectivity index (χ3n) is 4.31. The van der Waals surface area contributed by atoms with Crippen LogP contribution in [0.2, 0.25) is 0 Å². The van der Waals surface area contributed by atoms with E-state index >= 15 is 0 Å². The van der Waals surface area contributed by atoms with Crippen molar-refractivity contribution in [2.45, 2.75) is 0 Å². The van der Waals surface area contributed by atoms with E-state index in [0.29, 0.717) is 0 Å². The molecule has 4 rings (SSSR count). The van der Waals surface area contributed by atoms with Crippen LogP contribution in [-0.2, 0) is 7.05 Å². The number of ether oxygens (including phenoxy) is 1. The molecule has 3 aromatic heterocycles. The molecule has 6 nitrogen and oxygen atoms in total. The van der Waals surface area contributed by atoms with Gasteiger partial charge >= 0.3 is 0 Å². The molecule has 0 spiro atoms. The fourth-order valence-electron chi connectivity index (χ4n) is 3.20. The van der Waals surface area contributed by atoms with Gasteiger partial charge in [0.15, 0.2) is 0 Å². The molecule has 7 heteroatoms. The summed E-state index contributed by atoms with van der Waals surface area (Å²) in [4.78, 5) is 12.0. The van der Waals surface area contributed by atoms with Crippen LogP contribution in [0.3, 0.4) is 0 Å². The maximum Gasteiger partial charge on any atom is 0.222 e. The molecule has 128 valence electrons. The van der Waals surface area contributed by atoms with Crippen LogP contribution in [0.15, 0.2) is 29.8 Å². The number of nitrogens with two attached hydrogens (primary N) is 1. The molecule has 25 heavy (non-hydrogen) atoms. The van der Waals surface area contributed by atoms with Crippen LogP contribution in [0.5, 0.6) is 5.75 Å². The Hall–Kier alpha value is -2.80. The molecular weight excluding hydrogens is 334 g/mol. The van der Waals surface area contributed by atoms with Crippen molar-refractivity contribution >= 4 is 44.9 Å². The summed E-state index contributed by atoms with van der Waals surface area (Å²) in [6.07, 6.45) is 2.06. The lowest BCUT2D eigenvalue weighted by Crippen LogP contribution is -2.13. The molecule has 0 atom stereocenters. The van der Waals surface area contributed by atoms with Crippen molar-refractivity contribution in [2.75, 3.05) is 31.8 Å². The van der Waals surface area contributed by atoms with Gasteiger partial charge in [0.05, 0.1) is 23.5 Å². The van der Waals surface area contributed by atoms with Gasteiger partial charge < -0.3 is 19.9 Å². The zero-order chi connectivity index (χ0) is 17.7. The largest absolute Gasteiger partial charge is 0.496 e. The predicted octanol–water partition coefficient (Wildman–Crippen LogP) is 3.51. The van der Waals surface area contributed by atoms with Crippen molar-refractivity contribution in [1.29, 1.82) is 0 Å². The lowest BCUT2D eigenvalue weighted by Gasteiger charge is -2.16. The minimum Gasteiger partial charge on any atom is -0.496 e. The maximum atomic E-state index is 5.95. The van der Waals surface area contributed by atoms with Crippen LogP contribution < -0.4 is 15.4 Å². The number of hydrogen-bond acceptors (Lipinski definition) is 6. The topological polar surface area (TPSA) is 69.2 Å². The Bertz CT molecular complexity index is 1100. The van der Waals surface area contributed by atoms with Crippen molar-refractivity contribution in [3.05, 3.63) is 29.8 Å². The summed E-state index contributed by atoms with van der Waals surface area (Å²) in [5.74, 6) is 1.97. The number of thiophene rings is 1. The summed E-state index contributed by atoms with van der Waals surface area (Å²) in [5, 5.41) is 4.14. The van der Waals surface area contributed by atoms with Crippen molar-refractivity contribution in [3.8, 4) is 16.2 Å². The molecule has 4 aromatic rings. The molecule has 0 unspecified atom stereocenters. The average molecular weight is 353 g/mol. The van der Waals surface area contributed by atoms with E-state index in [1.807, 2.05) is 24.4 Å². The van der Waals surface area contributed by atoms with Gasteiger partial charge in [-0.15, -0.1) is 11.3 Å². The van der Waals surface area contributed by atoms with Gasteiger partial charge in [0.25, 0.3) is 0 Å². The first-order valence-electron chi connectivity index (χ1n) is 7.85. The predicted molar refractivity (Wildman–Crippen MR) is 105 cm³/mol. The Morgan fingerprint density at radius 1 is 1.24 bits per heavy atom. The van der Waals surface area contributed by atoms with E-state index in [2.05, 4.69) is 46.0 Å². The van der Waals surface area contributed by atoms with Crippen molar-refractivity contribution in [2.24, 2.45) is 7.05 Å². The van der Waals surface area contributed by atoms with E-state index in [1.165, 1.54) is 0 Å². The van der Waals surface area contributed by atoms with Crippen LogP contribution in [0.4, 0.5) is 11.8 Å². The van der Waals surface area contributed by atoms with Gasteiger partial charge in [-0.25, -0.2) is 4.98 Å². The number of nitrogen functional groups attached to an aromatic ring is 1. The average Bonchev–Trinajstić information content (AvgIpc) is 3.20. The summed E-state index contributed by atoms with van der Waals surface area (Å²) in [7, 11) is 7.67. The van der Waals surface area contributed by atoms with E-state index in [1.54, 1.807) is 18.4 Å². The van der Waals surface area contributed by atoms with E-state index in [0.717, 1.165) is 43.8 Å². The Morgan fingerprint density at radius 3 is 2.72 bits per heavy atom. The van der Waals surface area contributed by atoms with E-state index in [-0.39, 0.29) is 5.95 Å². The zero-order valence-corrected chi connectivity index (χ0v) is 15.4. The van der Waals surface area contributed by atoms with E-state index in [4.69, 9.17) is 10.5 Å². The minimum absolute atomic E-state index is 0.279. The summed E-state index contributed by atoms with van der Waals surface area (Å²) in [6.45, 7) is 0. The fraction of sp³-hybridized carbons (Fsp3) is 0.222. The van der Waals surface area contributed by atoms with Gasteiger partial charge in [0.2, 0.25) is 5.95 Å². The molecule has 0 aliphatic rings. The Kier molecular flexibility index (Phi) is 3.54. The summed E-state index contributed by atoms with van der Waals surface area (Å²) < 4.78 is 7.48. The maximum absolute atomic E-state index is 5.95. The molecule has 0 amide bonds. The molecule has 0 fully saturated rings. The molecule has 0 saturated carbocycles. The van der Waals surface area contributed by atoms with Crippen molar-refractivity contribution in [1.82, 2.24) is 14.5 Å². The molecule has 0 saturated heterocycles. The highest BCUT2D eigenvalue weighted by Crippen LogP contribution is 2.41. The Balaban J connectivity index is 2.15. The van der Waals surface area contributed by atoms with Crippen LogP contribution in [0, 0.1) is 0 Å². The van der Waals surface area contributed by atoms with Gasteiger partial charge in [-0.2, -0.15) is 4.98 Å². The summed E-state index contributed by atoms with van der Waals surface area (Å²) in [5.41, 5.74) is 9.06. The highest BCUT2D eigenvalue weighted by atomic mass is 32.1. The second-order valence-electron chi connectivity index (χ2n) is 6.16. The zero-order valence-electron chi connectivity index (χ0n) is 14.6. The Labute approximate surface area is 149 Å². The number of fused-ring (bicyclic) bond motifs is 3. The monoisotopic (exact) mass is 353 g/mol. The Morgan fingerprint density at radius 2 is 2.04 bits per heavy atom. The highest BCUT2D eigenvalue weighted by molar-refractivity contribution is 7.14. The number of anilines is 2.